The maximum Gasteiger partial charge on any atom is 0.266 e. The van der Waals surface area contributed by atoms with Gasteiger partial charge in [-0.15, -0.1) is 0 Å². The lowest BCUT2D eigenvalue weighted by Crippen LogP contribution is -2.41. The van der Waals surface area contributed by atoms with Crippen molar-refractivity contribution < 1.29 is 19.2 Å². The molecule has 2 fully saturated rings. The van der Waals surface area contributed by atoms with Crippen LogP contribution in [0.3, 0.4) is 0 Å². The van der Waals surface area contributed by atoms with Crippen molar-refractivity contribution >= 4 is 23.2 Å². The summed E-state index contributed by atoms with van der Waals surface area (Å²) in [6.07, 6.45) is 3.01. The van der Waals surface area contributed by atoms with E-state index >= 15 is 0 Å². The number of amides is 2. The molecule has 3 atom stereocenters. The van der Waals surface area contributed by atoms with Gasteiger partial charge in [0.15, 0.2) is 6.10 Å². The molecule has 0 unspecified atom stereocenters. The number of hydrogen-bond acceptors (Lipinski definition) is 5. The fourth-order valence-electron chi connectivity index (χ4n) is 4.87. The molecule has 3 aromatic rings. The highest BCUT2D eigenvalue weighted by atomic mass is 16.7. The summed E-state index contributed by atoms with van der Waals surface area (Å²) >= 11 is 0. The Kier molecular flexibility index (Phi) is 6.82. The summed E-state index contributed by atoms with van der Waals surface area (Å²) in [7, 11) is 0. The maximum absolute atomic E-state index is 13.7. The Hall–Kier alpha value is -3.64. The van der Waals surface area contributed by atoms with Gasteiger partial charge in [-0.1, -0.05) is 68.3 Å². The molecule has 0 saturated carbocycles. The molecule has 2 aliphatic heterocycles. The standard InChI is InChI=1S/C29H30N2O4/c1-2-3-10-19-34-24-17-15-22(16-18-24)30-28(32)26-25(20-21-11-6-4-7-12-21)31(35-27(26)29(30)33)23-13-8-5-9-14-23/h4-9,11-18,25-27H,2-3,10,19-20H2,1H3/t25-,26+,27+/m0/s1. The topological polar surface area (TPSA) is 59.1 Å². The normalized spacial score (nSPS) is 21.5. The van der Waals surface area contributed by atoms with Gasteiger partial charge in [0.05, 0.1) is 24.0 Å². The molecule has 180 valence electrons. The van der Waals surface area contributed by atoms with Crippen LogP contribution < -0.4 is 14.7 Å². The van der Waals surface area contributed by atoms with Crippen molar-refractivity contribution in [1.29, 1.82) is 0 Å². The predicted molar refractivity (Wildman–Crippen MR) is 135 cm³/mol. The number of ether oxygens (including phenoxy) is 1. The van der Waals surface area contributed by atoms with Gasteiger partial charge in [0, 0.05) is 0 Å². The van der Waals surface area contributed by atoms with Gasteiger partial charge in [-0.25, -0.2) is 9.96 Å². The highest BCUT2D eigenvalue weighted by molar-refractivity contribution is 6.23. The van der Waals surface area contributed by atoms with E-state index in [1.54, 1.807) is 17.2 Å². The summed E-state index contributed by atoms with van der Waals surface area (Å²) in [6, 6.07) is 26.5. The van der Waals surface area contributed by atoms with Gasteiger partial charge < -0.3 is 4.74 Å². The number of imide groups is 1. The van der Waals surface area contributed by atoms with Crippen molar-refractivity contribution in [3.63, 3.8) is 0 Å². The fraction of sp³-hybridized carbons (Fsp3) is 0.310. The molecule has 2 heterocycles. The quantitative estimate of drug-likeness (QED) is 0.319. The van der Waals surface area contributed by atoms with Crippen LogP contribution in [-0.2, 0) is 20.8 Å². The van der Waals surface area contributed by atoms with Crippen LogP contribution in [0.25, 0.3) is 0 Å². The number of carbonyl (C=O) groups is 2. The maximum atomic E-state index is 13.7. The third kappa shape index (κ3) is 4.66. The molecule has 0 aliphatic carbocycles. The third-order valence-corrected chi connectivity index (χ3v) is 6.65. The lowest BCUT2D eigenvalue weighted by atomic mass is 9.91. The summed E-state index contributed by atoms with van der Waals surface area (Å²) in [5.74, 6) is -0.408. The second-order valence-corrected chi connectivity index (χ2v) is 9.03. The molecular weight excluding hydrogens is 440 g/mol. The van der Waals surface area contributed by atoms with E-state index in [1.807, 2.05) is 72.8 Å². The number of nitrogens with zero attached hydrogens (tertiary/aromatic N) is 2. The molecule has 6 heteroatoms. The largest absolute Gasteiger partial charge is 0.494 e. The minimum Gasteiger partial charge on any atom is -0.494 e. The van der Waals surface area contributed by atoms with E-state index in [0.717, 1.165) is 36.3 Å². The zero-order valence-electron chi connectivity index (χ0n) is 19.9. The molecule has 5 rings (SSSR count). The summed E-state index contributed by atoms with van der Waals surface area (Å²) in [5, 5.41) is 1.75. The van der Waals surface area contributed by atoms with E-state index in [0.29, 0.717) is 18.7 Å². The third-order valence-electron chi connectivity index (χ3n) is 6.65. The number of fused-ring (bicyclic) bond motifs is 1. The van der Waals surface area contributed by atoms with Gasteiger partial charge in [-0.2, -0.15) is 0 Å². The molecule has 2 amide bonds. The second kappa shape index (κ2) is 10.3. The number of rotatable bonds is 9. The van der Waals surface area contributed by atoms with Crippen LogP contribution in [0.15, 0.2) is 84.9 Å². The number of anilines is 2. The highest BCUT2D eigenvalue weighted by Crippen LogP contribution is 2.41. The Bertz CT molecular complexity index is 1150. The average Bonchev–Trinajstić information content (AvgIpc) is 3.38. The van der Waals surface area contributed by atoms with Gasteiger partial charge in [0.1, 0.15) is 11.7 Å². The Labute approximate surface area is 206 Å². The lowest BCUT2D eigenvalue weighted by molar-refractivity contribution is -0.126. The molecular formula is C29H30N2O4. The van der Waals surface area contributed by atoms with Gasteiger partial charge in [0.25, 0.3) is 5.91 Å². The predicted octanol–water partition coefficient (Wildman–Crippen LogP) is 5.18. The summed E-state index contributed by atoms with van der Waals surface area (Å²) in [6.45, 7) is 2.81. The first-order valence-electron chi connectivity index (χ1n) is 12.3. The number of hydroxylamine groups is 1. The first kappa shape index (κ1) is 23.1. The zero-order valence-corrected chi connectivity index (χ0v) is 19.9. The molecule has 0 bridgehead atoms. The second-order valence-electron chi connectivity index (χ2n) is 9.03. The molecule has 0 spiro atoms. The van der Waals surface area contributed by atoms with E-state index in [-0.39, 0.29) is 17.9 Å². The number of para-hydroxylation sites is 1. The van der Waals surface area contributed by atoms with Crippen LogP contribution in [0.5, 0.6) is 5.75 Å². The van der Waals surface area contributed by atoms with Gasteiger partial charge in [0.2, 0.25) is 5.91 Å². The van der Waals surface area contributed by atoms with E-state index in [1.165, 1.54) is 4.90 Å². The summed E-state index contributed by atoms with van der Waals surface area (Å²) in [5.41, 5.74) is 2.47. The van der Waals surface area contributed by atoms with Crippen LogP contribution in [-0.4, -0.2) is 30.6 Å². The average molecular weight is 471 g/mol. The van der Waals surface area contributed by atoms with E-state index in [4.69, 9.17) is 9.57 Å². The highest BCUT2D eigenvalue weighted by Gasteiger charge is 2.59. The van der Waals surface area contributed by atoms with E-state index in [9.17, 15) is 9.59 Å². The van der Waals surface area contributed by atoms with Crippen LogP contribution in [0.2, 0.25) is 0 Å². The van der Waals surface area contributed by atoms with Crippen molar-refractivity contribution in [1.82, 2.24) is 0 Å². The molecule has 35 heavy (non-hydrogen) atoms. The SMILES string of the molecule is CCCCCOc1ccc(N2C(=O)[C@H]3[C@@H](ON(c4ccccc4)[C@H]3Cc3ccccc3)C2=O)cc1. The summed E-state index contributed by atoms with van der Waals surface area (Å²) < 4.78 is 5.78. The Morgan fingerprint density at radius 3 is 2.17 bits per heavy atom. The van der Waals surface area contributed by atoms with Crippen molar-refractivity contribution in [2.45, 2.75) is 44.8 Å². The summed E-state index contributed by atoms with van der Waals surface area (Å²) in [4.78, 5) is 34.6. The van der Waals surface area contributed by atoms with Crippen molar-refractivity contribution in [2.24, 2.45) is 5.92 Å². The molecule has 0 N–H and O–H groups in total. The number of hydrogen-bond donors (Lipinski definition) is 0. The lowest BCUT2D eigenvalue weighted by Gasteiger charge is -2.28. The first-order valence-corrected chi connectivity index (χ1v) is 12.3. The molecule has 0 radical (unpaired) electrons. The van der Waals surface area contributed by atoms with Crippen molar-refractivity contribution in [3.05, 3.63) is 90.5 Å². The fourth-order valence-corrected chi connectivity index (χ4v) is 4.87. The smallest absolute Gasteiger partial charge is 0.266 e. The van der Waals surface area contributed by atoms with Gasteiger partial charge >= 0.3 is 0 Å². The number of carbonyl (C=O) groups excluding carboxylic acids is 2. The molecule has 6 nitrogen and oxygen atoms in total. The minimum absolute atomic E-state index is 0.226. The minimum atomic E-state index is -0.846. The Morgan fingerprint density at radius 2 is 1.49 bits per heavy atom. The van der Waals surface area contributed by atoms with Gasteiger partial charge in [-0.3, -0.25) is 14.4 Å². The molecule has 2 aliphatic rings. The Morgan fingerprint density at radius 1 is 0.800 bits per heavy atom. The van der Waals surface area contributed by atoms with Crippen molar-refractivity contribution in [3.8, 4) is 5.75 Å². The van der Waals surface area contributed by atoms with E-state index in [2.05, 4.69) is 6.92 Å². The van der Waals surface area contributed by atoms with Crippen LogP contribution in [0.1, 0.15) is 31.7 Å². The van der Waals surface area contributed by atoms with Gasteiger partial charge in [-0.05, 0) is 54.8 Å². The van der Waals surface area contributed by atoms with E-state index < -0.39 is 12.0 Å². The van der Waals surface area contributed by atoms with Crippen LogP contribution in [0.4, 0.5) is 11.4 Å². The van der Waals surface area contributed by atoms with Crippen molar-refractivity contribution in [2.75, 3.05) is 16.6 Å². The molecule has 3 aromatic carbocycles. The van der Waals surface area contributed by atoms with Crippen LogP contribution in [0, 0.1) is 5.92 Å². The molecule has 0 aromatic heterocycles. The monoisotopic (exact) mass is 470 g/mol. The number of benzene rings is 3. The zero-order chi connectivity index (χ0) is 24.2. The first-order chi connectivity index (χ1) is 17.2. The number of unbranched alkanes of at least 4 members (excludes halogenated alkanes) is 2. The van der Waals surface area contributed by atoms with Crippen LogP contribution >= 0.6 is 0 Å². The molecule has 2 saturated heterocycles. The Balaban J connectivity index is 1.38.